The number of thioether (sulfide) groups is 1. The van der Waals surface area contributed by atoms with Crippen molar-refractivity contribution in [2.75, 3.05) is 5.75 Å². The summed E-state index contributed by atoms with van der Waals surface area (Å²) in [6, 6.07) is 17.1. The van der Waals surface area contributed by atoms with Crippen LogP contribution in [-0.2, 0) is 6.42 Å². The molecule has 0 spiro atoms. The lowest BCUT2D eigenvalue weighted by atomic mass is 10.00. The molecule has 2 rings (SSSR count). The smallest absolute Gasteiger partial charge is 0.0674 e. The molecule has 1 atom stereocenters. The summed E-state index contributed by atoms with van der Waals surface area (Å²) in [5.74, 6) is 1.29. The zero-order valence-electron chi connectivity index (χ0n) is 13.0. The van der Waals surface area contributed by atoms with Crippen LogP contribution in [0, 0.1) is 6.92 Å². The van der Waals surface area contributed by atoms with Gasteiger partial charge in [0.05, 0.1) is 6.10 Å². The van der Waals surface area contributed by atoms with E-state index in [1.165, 1.54) is 21.6 Å². The molecule has 0 radical (unpaired) electrons. The van der Waals surface area contributed by atoms with Crippen LogP contribution < -0.4 is 0 Å². The van der Waals surface area contributed by atoms with Gasteiger partial charge in [0.25, 0.3) is 0 Å². The Morgan fingerprint density at radius 3 is 2.14 bits per heavy atom. The summed E-state index contributed by atoms with van der Waals surface area (Å²) in [6.45, 7) is 6.48. The van der Waals surface area contributed by atoms with E-state index >= 15 is 0 Å². The van der Waals surface area contributed by atoms with Crippen LogP contribution in [0.1, 0.15) is 36.5 Å². The second-order valence-corrected chi connectivity index (χ2v) is 6.97. The summed E-state index contributed by atoms with van der Waals surface area (Å²) in [6.07, 6.45) is 0.415. The fraction of sp³-hybridized carbons (Fsp3) is 0.368. The SMILES string of the molecule is Cc1ccc(SCC(O)Cc2ccc(C(C)C)cc2)cc1. The highest BCUT2D eigenvalue weighted by atomic mass is 32.2. The number of benzene rings is 2. The van der Waals surface area contributed by atoms with Crippen LogP contribution in [0.2, 0.25) is 0 Å². The van der Waals surface area contributed by atoms with Gasteiger partial charge < -0.3 is 5.11 Å². The van der Waals surface area contributed by atoms with Crippen molar-refractivity contribution in [3.63, 3.8) is 0 Å². The van der Waals surface area contributed by atoms with Crippen LogP contribution in [0.25, 0.3) is 0 Å². The fourth-order valence-electron chi connectivity index (χ4n) is 2.20. The summed E-state index contributed by atoms with van der Waals surface area (Å²) in [4.78, 5) is 1.22. The average molecular weight is 300 g/mol. The Hall–Kier alpha value is -1.25. The van der Waals surface area contributed by atoms with E-state index in [0.29, 0.717) is 5.92 Å². The molecule has 112 valence electrons. The predicted molar refractivity (Wildman–Crippen MR) is 92.1 cm³/mol. The standard InChI is InChI=1S/C19H24OS/c1-14(2)17-8-6-16(7-9-17)12-18(20)13-21-19-10-4-15(3)5-11-19/h4-11,14,18,20H,12-13H2,1-3H3. The Balaban J connectivity index is 1.83. The Morgan fingerprint density at radius 1 is 0.952 bits per heavy atom. The van der Waals surface area contributed by atoms with Gasteiger partial charge in [0.15, 0.2) is 0 Å². The monoisotopic (exact) mass is 300 g/mol. The lowest BCUT2D eigenvalue weighted by Gasteiger charge is -2.12. The van der Waals surface area contributed by atoms with Crippen LogP contribution >= 0.6 is 11.8 Å². The Bertz CT molecular complexity index is 543. The molecular weight excluding hydrogens is 276 g/mol. The molecular formula is C19H24OS. The molecule has 2 heteroatoms. The van der Waals surface area contributed by atoms with Crippen molar-refractivity contribution in [1.82, 2.24) is 0 Å². The van der Waals surface area contributed by atoms with Gasteiger partial charge in [-0.1, -0.05) is 55.8 Å². The molecule has 1 nitrogen and oxygen atoms in total. The van der Waals surface area contributed by atoms with Gasteiger partial charge in [0, 0.05) is 10.6 Å². The first-order chi connectivity index (χ1) is 10.0. The van der Waals surface area contributed by atoms with Crippen LogP contribution in [0.5, 0.6) is 0 Å². The summed E-state index contributed by atoms with van der Waals surface area (Å²) in [5, 5.41) is 10.2. The zero-order valence-corrected chi connectivity index (χ0v) is 13.9. The van der Waals surface area contributed by atoms with E-state index in [9.17, 15) is 5.11 Å². The minimum atomic E-state index is -0.304. The maximum Gasteiger partial charge on any atom is 0.0674 e. The van der Waals surface area contributed by atoms with Crippen molar-refractivity contribution in [1.29, 1.82) is 0 Å². The highest BCUT2D eigenvalue weighted by molar-refractivity contribution is 7.99. The van der Waals surface area contributed by atoms with Gasteiger partial charge in [-0.25, -0.2) is 0 Å². The van der Waals surface area contributed by atoms with E-state index in [2.05, 4.69) is 69.3 Å². The molecule has 1 N–H and O–H groups in total. The lowest BCUT2D eigenvalue weighted by molar-refractivity contribution is 0.200. The Kier molecular flexibility index (Phi) is 5.89. The molecule has 2 aromatic carbocycles. The highest BCUT2D eigenvalue weighted by Gasteiger charge is 2.07. The summed E-state index contributed by atoms with van der Waals surface area (Å²) in [5.41, 5.74) is 3.82. The van der Waals surface area contributed by atoms with Gasteiger partial charge in [-0.3, -0.25) is 0 Å². The van der Waals surface area contributed by atoms with Crippen LogP contribution in [0.15, 0.2) is 53.4 Å². The maximum atomic E-state index is 10.2. The third-order valence-corrected chi connectivity index (χ3v) is 4.74. The molecule has 0 aromatic heterocycles. The van der Waals surface area contributed by atoms with Crippen LogP contribution in [0.3, 0.4) is 0 Å². The number of hydrogen-bond donors (Lipinski definition) is 1. The number of aryl methyl sites for hydroxylation is 1. The minimum absolute atomic E-state index is 0.304. The quantitative estimate of drug-likeness (QED) is 0.772. The number of hydrogen-bond acceptors (Lipinski definition) is 2. The molecule has 21 heavy (non-hydrogen) atoms. The molecule has 2 aromatic rings. The maximum absolute atomic E-state index is 10.2. The van der Waals surface area contributed by atoms with Crippen molar-refractivity contribution in [3.8, 4) is 0 Å². The molecule has 0 amide bonds. The van der Waals surface area contributed by atoms with E-state index in [0.717, 1.165) is 12.2 Å². The molecule has 0 aliphatic carbocycles. The number of aliphatic hydroxyl groups excluding tert-OH is 1. The molecule has 0 saturated heterocycles. The number of rotatable bonds is 6. The first-order valence-corrected chi connectivity index (χ1v) is 8.49. The molecule has 0 aliphatic rings. The van der Waals surface area contributed by atoms with E-state index < -0.39 is 0 Å². The van der Waals surface area contributed by atoms with Gasteiger partial charge in [-0.2, -0.15) is 0 Å². The fourth-order valence-corrected chi connectivity index (χ4v) is 3.03. The van der Waals surface area contributed by atoms with Crippen molar-refractivity contribution in [3.05, 3.63) is 65.2 Å². The van der Waals surface area contributed by atoms with Crippen molar-refractivity contribution in [2.24, 2.45) is 0 Å². The Labute approximate surface area is 132 Å². The van der Waals surface area contributed by atoms with E-state index in [4.69, 9.17) is 0 Å². The van der Waals surface area contributed by atoms with Crippen LogP contribution in [0.4, 0.5) is 0 Å². The first kappa shape index (κ1) is 16.1. The third kappa shape index (κ3) is 5.22. The van der Waals surface area contributed by atoms with Gasteiger partial charge >= 0.3 is 0 Å². The van der Waals surface area contributed by atoms with E-state index in [1.807, 2.05) is 0 Å². The van der Waals surface area contributed by atoms with Crippen molar-refractivity contribution in [2.45, 2.75) is 44.1 Å². The first-order valence-electron chi connectivity index (χ1n) is 7.51. The second kappa shape index (κ2) is 7.67. The van der Waals surface area contributed by atoms with Gasteiger partial charge in [-0.05, 0) is 42.5 Å². The summed E-state index contributed by atoms with van der Waals surface area (Å²) < 4.78 is 0. The molecule has 0 fully saturated rings. The van der Waals surface area contributed by atoms with Gasteiger partial charge in [0.2, 0.25) is 0 Å². The van der Waals surface area contributed by atoms with Gasteiger partial charge in [-0.15, -0.1) is 11.8 Å². The summed E-state index contributed by atoms with van der Waals surface area (Å²) >= 11 is 1.71. The molecule has 0 heterocycles. The lowest BCUT2D eigenvalue weighted by Crippen LogP contribution is -2.13. The van der Waals surface area contributed by atoms with Crippen molar-refractivity contribution >= 4 is 11.8 Å². The Morgan fingerprint density at radius 2 is 1.57 bits per heavy atom. The molecule has 0 saturated carbocycles. The van der Waals surface area contributed by atoms with Crippen LogP contribution in [-0.4, -0.2) is 17.0 Å². The molecule has 1 unspecified atom stereocenters. The molecule has 0 aliphatic heterocycles. The van der Waals surface area contributed by atoms with Crippen molar-refractivity contribution < 1.29 is 5.11 Å². The average Bonchev–Trinajstić information content (AvgIpc) is 2.47. The minimum Gasteiger partial charge on any atom is -0.392 e. The van der Waals surface area contributed by atoms with E-state index in [1.54, 1.807) is 11.8 Å². The third-order valence-electron chi connectivity index (χ3n) is 3.58. The van der Waals surface area contributed by atoms with E-state index in [-0.39, 0.29) is 6.10 Å². The number of aliphatic hydroxyl groups is 1. The predicted octanol–water partition coefficient (Wildman–Crippen LogP) is 4.81. The molecule has 0 bridgehead atoms. The highest BCUT2D eigenvalue weighted by Crippen LogP contribution is 2.21. The zero-order chi connectivity index (χ0) is 15.2. The topological polar surface area (TPSA) is 20.2 Å². The second-order valence-electron chi connectivity index (χ2n) is 5.88. The largest absolute Gasteiger partial charge is 0.392 e. The van der Waals surface area contributed by atoms with Gasteiger partial charge in [0.1, 0.15) is 0 Å². The summed E-state index contributed by atoms with van der Waals surface area (Å²) in [7, 11) is 0. The normalized spacial score (nSPS) is 12.6.